The molecular formula is C17H26N2O. The molecule has 1 N–H and O–H groups in total. The van der Waals surface area contributed by atoms with Crippen LogP contribution >= 0.6 is 0 Å². The second kappa shape index (κ2) is 6.04. The first-order chi connectivity index (χ1) is 9.70. The number of ether oxygens (including phenoxy) is 1. The number of nitrogens with zero attached hydrogens (tertiary/aromatic N) is 1. The third-order valence-corrected chi connectivity index (χ3v) is 4.39. The molecule has 0 aromatic heterocycles. The highest BCUT2D eigenvalue weighted by molar-refractivity contribution is 5.58. The zero-order chi connectivity index (χ0) is 13.9. The Hall–Kier alpha value is -1.22. The van der Waals surface area contributed by atoms with Crippen molar-refractivity contribution in [2.75, 3.05) is 23.3 Å². The van der Waals surface area contributed by atoms with Gasteiger partial charge in [-0.2, -0.15) is 0 Å². The Kier molecular flexibility index (Phi) is 4.16. The molecule has 2 aliphatic rings. The predicted molar refractivity (Wildman–Crippen MR) is 84.5 cm³/mol. The first kappa shape index (κ1) is 13.7. The smallest absolute Gasteiger partial charge is 0.0570 e. The number of benzene rings is 1. The Morgan fingerprint density at radius 2 is 1.80 bits per heavy atom. The average molecular weight is 274 g/mol. The van der Waals surface area contributed by atoms with E-state index in [-0.39, 0.29) is 0 Å². The van der Waals surface area contributed by atoms with Gasteiger partial charge in [-0.15, -0.1) is 0 Å². The molecule has 0 radical (unpaired) electrons. The van der Waals surface area contributed by atoms with E-state index in [0.717, 1.165) is 12.8 Å². The van der Waals surface area contributed by atoms with Crippen molar-refractivity contribution < 1.29 is 4.74 Å². The van der Waals surface area contributed by atoms with Gasteiger partial charge in [-0.1, -0.05) is 6.07 Å². The Morgan fingerprint density at radius 1 is 1.10 bits per heavy atom. The molecular weight excluding hydrogens is 248 g/mol. The fourth-order valence-electron chi connectivity index (χ4n) is 3.53. The Bertz CT molecular complexity index is 432. The standard InChI is InChI=1S/C17H26N2O/c1-13-10-16(11-14(2)20-13)18-15-6-5-7-17(12-15)19-8-3-4-9-19/h5-7,12-14,16,18H,3-4,8-11H2,1-2H3. The van der Waals surface area contributed by atoms with Crippen LogP contribution in [-0.2, 0) is 4.74 Å². The summed E-state index contributed by atoms with van der Waals surface area (Å²) in [6, 6.07) is 9.41. The summed E-state index contributed by atoms with van der Waals surface area (Å²) >= 11 is 0. The van der Waals surface area contributed by atoms with Crippen LogP contribution in [0.4, 0.5) is 11.4 Å². The van der Waals surface area contributed by atoms with Crippen LogP contribution in [0.2, 0.25) is 0 Å². The van der Waals surface area contributed by atoms with E-state index in [2.05, 4.69) is 48.3 Å². The van der Waals surface area contributed by atoms with Crippen LogP contribution in [-0.4, -0.2) is 31.3 Å². The molecule has 2 aliphatic heterocycles. The lowest BCUT2D eigenvalue weighted by Crippen LogP contribution is -2.36. The van der Waals surface area contributed by atoms with E-state index >= 15 is 0 Å². The van der Waals surface area contributed by atoms with E-state index < -0.39 is 0 Å². The summed E-state index contributed by atoms with van der Waals surface area (Å²) in [6.45, 7) is 6.75. The minimum atomic E-state index is 0.359. The molecule has 0 saturated carbocycles. The summed E-state index contributed by atoms with van der Waals surface area (Å²) in [5.41, 5.74) is 2.61. The highest BCUT2D eigenvalue weighted by Crippen LogP contribution is 2.26. The van der Waals surface area contributed by atoms with Gasteiger partial charge in [0, 0.05) is 30.5 Å². The van der Waals surface area contributed by atoms with E-state index in [1.807, 2.05) is 0 Å². The van der Waals surface area contributed by atoms with Crippen LogP contribution in [0.3, 0.4) is 0 Å². The molecule has 2 saturated heterocycles. The van der Waals surface area contributed by atoms with E-state index in [0.29, 0.717) is 18.2 Å². The average Bonchev–Trinajstić information content (AvgIpc) is 2.91. The SMILES string of the molecule is CC1CC(Nc2cccc(N3CCCC3)c2)CC(C)O1. The Balaban J connectivity index is 1.66. The summed E-state index contributed by atoms with van der Waals surface area (Å²) in [7, 11) is 0. The number of hydrogen-bond donors (Lipinski definition) is 1. The van der Waals surface area contributed by atoms with E-state index in [1.54, 1.807) is 0 Å². The number of rotatable bonds is 3. The number of anilines is 2. The van der Waals surface area contributed by atoms with Crippen molar-refractivity contribution >= 4 is 11.4 Å². The first-order valence-electron chi connectivity index (χ1n) is 7.98. The van der Waals surface area contributed by atoms with Gasteiger partial charge < -0.3 is 15.0 Å². The van der Waals surface area contributed by atoms with Gasteiger partial charge in [0.2, 0.25) is 0 Å². The van der Waals surface area contributed by atoms with Crippen LogP contribution in [0.25, 0.3) is 0 Å². The monoisotopic (exact) mass is 274 g/mol. The van der Waals surface area contributed by atoms with Crippen molar-refractivity contribution in [2.24, 2.45) is 0 Å². The second-order valence-electron chi connectivity index (χ2n) is 6.31. The highest BCUT2D eigenvalue weighted by Gasteiger charge is 2.24. The van der Waals surface area contributed by atoms with Gasteiger partial charge >= 0.3 is 0 Å². The molecule has 110 valence electrons. The summed E-state index contributed by atoms with van der Waals surface area (Å²) in [5, 5.41) is 3.70. The number of hydrogen-bond acceptors (Lipinski definition) is 3. The molecule has 1 aromatic carbocycles. The van der Waals surface area contributed by atoms with Crippen molar-refractivity contribution in [3.63, 3.8) is 0 Å². The topological polar surface area (TPSA) is 24.5 Å². The summed E-state index contributed by atoms with van der Waals surface area (Å²) < 4.78 is 5.81. The van der Waals surface area contributed by atoms with Gasteiger partial charge in [0.25, 0.3) is 0 Å². The maximum absolute atomic E-state index is 5.81. The second-order valence-corrected chi connectivity index (χ2v) is 6.31. The third kappa shape index (κ3) is 3.26. The Morgan fingerprint density at radius 3 is 2.50 bits per heavy atom. The molecule has 3 nitrogen and oxygen atoms in total. The lowest BCUT2D eigenvalue weighted by atomic mass is 9.99. The molecule has 2 heterocycles. The molecule has 0 amide bonds. The molecule has 2 fully saturated rings. The van der Waals surface area contributed by atoms with Gasteiger partial charge in [0.1, 0.15) is 0 Å². The van der Waals surface area contributed by atoms with Gasteiger partial charge in [-0.05, 0) is 57.7 Å². The Labute approximate surface area is 122 Å². The largest absolute Gasteiger partial charge is 0.382 e. The minimum Gasteiger partial charge on any atom is -0.382 e. The van der Waals surface area contributed by atoms with E-state index in [1.165, 1.54) is 37.3 Å². The molecule has 0 bridgehead atoms. The predicted octanol–water partition coefficient (Wildman–Crippen LogP) is 3.65. The van der Waals surface area contributed by atoms with Crippen LogP contribution < -0.4 is 10.2 Å². The molecule has 20 heavy (non-hydrogen) atoms. The maximum atomic E-state index is 5.81. The molecule has 2 unspecified atom stereocenters. The van der Waals surface area contributed by atoms with Gasteiger partial charge in [-0.25, -0.2) is 0 Å². The lowest BCUT2D eigenvalue weighted by Gasteiger charge is -2.33. The maximum Gasteiger partial charge on any atom is 0.0570 e. The normalized spacial score (nSPS) is 30.5. The molecule has 0 aliphatic carbocycles. The van der Waals surface area contributed by atoms with Crippen LogP contribution in [0.15, 0.2) is 24.3 Å². The molecule has 3 heteroatoms. The quantitative estimate of drug-likeness (QED) is 0.910. The van der Waals surface area contributed by atoms with Crippen molar-refractivity contribution in [2.45, 2.75) is 57.8 Å². The van der Waals surface area contributed by atoms with Gasteiger partial charge in [0.05, 0.1) is 12.2 Å². The zero-order valence-corrected chi connectivity index (χ0v) is 12.6. The minimum absolute atomic E-state index is 0.359. The lowest BCUT2D eigenvalue weighted by molar-refractivity contribution is -0.0337. The fraction of sp³-hybridized carbons (Fsp3) is 0.647. The molecule has 2 atom stereocenters. The first-order valence-corrected chi connectivity index (χ1v) is 7.98. The van der Waals surface area contributed by atoms with Crippen LogP contribution in [0, 0.1) is 0 Å². The third-order valence-electron chi connectivity index (χ3n) is 4.39. The van der Waals surface area contributed by atoms with Crippen LogP contribution in [0.1, 0.15) is 39.5 Å². The number of nitrogens with one attached hydrogen (secondary N) is 1. The zero-order valence-electron chi connectivity index (χ0n) is 12.6. The van der Waals surface area contributed by atoms with E-state index in [4.69, 9.17) is 4.74 Å². The van der Waals surface area contributed by atoms with Crippen molar-refractivity contribution in [3.05, 3.63) is 24.3 Å². The summed E-state index contributed by atoms with van der Waals surface area (Å²) in [4.78, 5) is 2.49. The highest BCUT2D eigenvalue weighted by atomic mass is 16.5. The van der Waals surface area contributed by atoms with Gasteiger partial charge in [-0.3, -0.25) is 0 Å². The van der Waals surface area contributed by atoms with Crippen molar-refractivity contribution in [1.29, 1.82) is 0 Å². The van der Waals surface area contributed by atoms with Crippen molar-refractivity contribution in [1.82, 2.24) is 0 Å². The molecule has 0 spiro atoms. The van der Waals surface area contributed by atoms with Crippen molar-refractivity contribution in [3.8, 4) is 0 Å². The van der Waals surface area contributed by atoms with Gasteiger partial charge in [0.15, 0.2) is 0 Å². The molecule has 3 rings (SSSR count). The summed E-state index contributed by atoms with van der Waals surface area (Å²) in [5.74, 6) is 0. The molecule has 1 aromatic rings. The summed E-state index contributed by atoms with van der Waals surface area (Å²) in [6.07, 6.45) is 5.56. The van der Waals surface area contributed by atoms with E-state index in [9.17, 15) is 0 Å². The van der Waals surface area contributed by atoms with Crippen LogP contribution in [0.5, 0.6) is 0 Å². The fourth-order valence-corrected chi connectivity index (χ4v) is 3.53.